The lowest BCUT2D eigenvalue weighted by atomic mass is 10.1. The first-order valence-electron chi connectivity index (χ1n) is 12.5. The molecular weight excluding hydrogens is 470 g/mol. The van der Waals surface area contributed by atoms with Crippen LogP contribution in [-0.4, -0.2) is 47.5 Å². The molecule has 1 fully saturated rings. The van der Waals surface area contributed by atoms with Crippen molar-refractivity contribution in [1.29, 1.82) is 0 Å². The van der Waals surface area contributed by atoms with E-state index in [1.165, 1.54) is 5.56 Å². The number of benzene rings is 2. The molecule has 0 aliphatic carbocycles. The highest BCUT2D eigenvalue weighted by Crippen LogP contribution is 2.22. The molecule has 0 radical (unpaired) electrons. The number of hydrogen-bond donors (Lipinski definition) is 1. The summed E-state index contributed by atoms with van der Waals surface area (Å²) in [6, 6.07) is 17.6. The molecule has 0 bridgehead atoms. The van der Waals surface area contributed by atoms with Crippen molar-refractivity contribution in [3.8, 4) is 0 Å². The Balaban J connectivity index is 1.54. The molecule has 1 aliphatic heterocycles. The average molecular weight is 506 g/mol. The Morgan fingerprint density at radius 3 is 2.47 bits per heavy atom. The molecule has 36 heavy (non-hydrogen) atoms. The van der Waals surface area contributed by atoms with E-state index in [0.717, 1.165) is 40.1 Å². The van der Waals surface area contributed by atoms with Crippen LogP contribution in [0.5, 0.6) is 0 Å². The lowest BCUT2D eigenvalue weighted by Crippen LogP contribution is -2.47. The van der Waals surface area contributed by atoms with Crippen LogP contribution >= 0.6 is 11.3 Å². The molecule has 1 N–H and O–H groups in total. The van der Waals surface area contributed by atoms with E-state index in [9.17, 15) is 9.59 Å². The number of ether oxygens (including phenoxy) is 1. The Labute approximate surface area is 217 Å². The van der Waals surface area contributed by atoms with Gasteiger partial charge in [-0.25, -0.2) is 4.79 Å². The first-order chi connectivity index (χ1) is 17.4. The van der Waals surface area contributed by atoms with Gasteiger partial charge in [0, 0.05) is 30.3 Å². The molecule has 2 aromatic carbocycles. The lowest BCUT2D eigenvalue weighted by molar-refractivity contribution is -0.133. The SMILES string of the molecule is Cc1ccsc1CN(Cc1ccccc1)C(=O)CN(CC1CCCO1)C(=O)Nc1cccc(C)c1C. The number of urea groups is 1. The maximum atomic E-state index is 13.7. The van der Waals surface area contributed by atoms with Crippen LogP contribution in [0, 0.1) is 20.8 Å². The second-order valence-electron chi connectivity index (χ2n) is 9.46. The number of amides is 3. The van der Waals surface area contributed by atoms with Gasteiger partial charge in [-0.3, -0.25) is 4.79 Å². The standard InChI is InChI=1S/C29H35N3O3S/c1-21-9-7-13-26(23(21)3)30-29(34)32(18-25-12-8-15-35-25)20-28(33)31(17-24-10-5-4-6-11-24)19-27-22(2)14-16-36-27/h4-7,9-11,13-14,16,25H,8,12,15,17-20H2,1-3H3,(H,30,34). The number of carbonyl (C=O) groups is 2. The molecule has 190 valence electrons. The van der Waals surface area contributed by atoms with Gasteiger partial charge in [-0.1, -0.05) is 42.5 Å². The lowest BCUT2D eigenvalue weighted by Gasteiger charge is -2.29. The van der Waals surface area contributed by atoms with Crippen molar-refractivity contribution < 1.29 is 14.3 Å². The fraction of sp³-hybridized carbons (Fsp3) is 0.379. The maximum absolute atomic E-state index is 13.7. The van der Waals surface area contributed by atoms with Crippen molar-refractivity contribution in [2.45, 2.75) is 52.8 Å². The van der Waals surface area contributed by atoms with Crippen molar-refractivity contribution >= 4 is 29.0 Å². The van der Waals surface area contributed by atoms with E-state index in [1.807, 2.05) is 67.3 Å². The van der Waals surface area contributed by atoms with Gasteiger partial charge in [0.25, 0.3) is 0 Å². The smallest absolute Gasteiger partial charge is 0.322 e. The summed E-state index contributed by atoms with van der Waals surface area (Å²) in [4.78, 5) is 31.8. The second-order valence-corrected chi connectivity index (χ2v) is 10.5. The highest BCUT2D eigenvalue weighted by Gasteiger charge is 2.27. The van der Waals surface area contributed by atoms with Gasteiger partial charge >= 0.3 is 6.03 Å². The molecule has 0 spiro atoms. The molecule has 6 nitrogen and oxygen atoms in total. The minimum Gasteiger partial charge on any atom is -0.376 e. The Morgan fingerprint density at radius 2 is 1.78 bits per heavy atom. The van der Waals surface area contributed by atoms with E-state index < -0.39 is 0 Å². The Kier molecular flexibility index (Phi) is 8.78. The summed E-state index contributed by atoms with van der Waals surface area (Å²) in [5, 5.41) is 5.09. The summed E-state index contributed by atoms with van der Waals surface area (Å²) in [6.07, 6.45) is 1.82. The Bertz CT molecular complexity index is 1170. The van der Waals surface area contributed by atoms with Gasteiger partial charge < -0.3 is 19.9 Å². The molecule has 2 heterocycles. The summed E-state index contributed by atoms with van der Waals surface area (Å²) in [7, 11) is 0. The molecule has 7 heteroatoms. The van der Waals surface area contributed by atoms with E-state index in [-0.39, 0.29) is 24.6 Å². The largest absolute Gasteiger partial charge is 0.376 e. The molecule has 1 atom stereocenters. The number of rotatable bonds is 9. The van der Waals surface area contributed by atoms with E-state index in [0.29, 0.717) is 26.2 Å². The van der Waals surface area contributed by atoms with Crippen LogP contribution in [0.2, 0.25) is 0 Å². The molecule has 1 unspecified atom stereocenters. The van der Waals surface area contributed by atoms with Crippen LogP contribution in [0.15, 0.2) is 60.0 Å². The molecule has 3 aromatic rings. The summed E-state index contributed by atoms with van der Waals surface area (Å²) in [6.45, 7) is 8.17. The predicted molar refractivity (Wildman–Crippen MR) is 145 cm³/mol. The van der Waals surface area contributed by atoms with Gasteiger partial charge in [0.05, 0.1) is 12.6 Å². The monoisotopic (exact) mass is 505 g/mol. The Hall–Kier alpha value is -3.16. The van der Waals surface area contributed by atoms with Gasteiger partial charge in [0.1, 0.15) is 6.54 Å². The third-order valence-electron chi connectivity index (χ3n) is 6.78. The minimum absolute atomic E-state index is 0.00614. The van der Waals surface area contributed by atoms with Crippen LogP contribution < -0.4 is 5.32 Å². The highest BCUT2D eigenvalue weighted by molar-refractivity contribution is 7.10. The van der Waals surface area contributed by atoms with Crippen LogP contribution in [-0.2, 0) is 22.6 Å². The van der Waals surface area contributed by atoms with E-state index in [4.69, 9.17) is 4.74 Å². The van der Waals surface area contributed by atoms with Gasteiger partial charge in [-0.15, -0.1) is 11.3 Å². The first-order valence-corrected chi connectivity index (χ1v) is 13.4. The Morgan fingerprint density at radius 1 is 0.972 bits per heavy atom. The van der Waals surface area contributed by atoms with Crippen molar-refractivity contribution in [3.05, 3.63) is 87.1 Å². The highest BCUT2D eigenvalue weighted by atomic mass is 32.1. The van der Waals surface area contributed by atoms with Gasteiger partial charge in [-0.2, -0.15) is 0 Å². The molecule has 1 saturated heterocycles. The van der Waals surface area contributed by atoms with Crippen LogP contribution in [0.25, 0.3) is 0 Å². The number of nitrogens with one attached hydrogen (secondary N) is 1. The van der Waals surface area contributed by atoms with Gasteiger partial charge in [0.15, 0.2) is 0 Å². The van der Waals surface area contributed by atoms with Crippen LogP contribution in [0.1, 0.15) is 40.0 Å². The zero-order valence-corrected chi connectivity index (χ0v) is 22.1. The van der Waals surface area contributed by atoms with Gasteiger partial charge in [0.2, 0.25) is 5.91 Å². The molecule has 3 amide bonds. The zero-order chi connectivity index (χ0) is 25.5. The number of aryl methyl sites for hydroxylation is 2. The van der Waals surface area contributed by atoms with Crippen LogP contribution in [0.3, 0.4) is 0 Å². The quantitative estimate of drug-likeness (QED) is 0.393. The molecule has 4 rings (SSSR count). The molecule has 1 aliphatic rings. The predicted octanol–water partition coefficient (Wildman–Crippen LogP) is 5.92. The van der Waals surface area contributed by atoms with E-state index >= 15 is 0 Å². The van der Waals surface area contributed by atoms with Crippen molar-refractivity contribution in [2.75, 3.05) is 25.0 Å². The summed E-state index contributed by atoms with van der Waals surface area (Å²) in [5.41, 5.74) is 5.13. The zero-order valence-electron chi connectivity index (χ0n) is 21.3. The number of hydrogen-bond acceptors (Lipinski definition) is 4. The third kappa shape index (κ3) is 6.74. The van der Waals surface area contributed by atoms with Crippen molar-refractivity contribution in [1.82, 2.24) is 9.80 Å². The topological polar surface area (TPSA) is 61.9 Å². The summed E-state index contributed by atoms with van der Waals surface area (Å²) < 4.78 is 5.82. The number of carbonyl (C=O) groups excluding carboxylic acids is 2. The number of nitrogens with zero attached hydrogens (tertiary/aromatic N) is 2. The third-order valence-corrected chi connectivity index (χ3v) is 7.79. The van der Waals surface area contributed by atoms with Crippen molar-refractivity contribution in [3.63, 3.8) is 0 Å². The average Bonchev–Trinajstić information content (AvgIpc) is 3.53. The van der Waals surface area contributed by atoms with Crippen molar-refractivity contribution in [2.24, 2.45) is 0 Å². The number of thiophene rings is 1. The molecule has 0 saturated carbocycles. The van der Waals surface area contributed by atoms with Gasteiger partial charge in [-0.05, 0) is 73.4 Å². The van der Waals surface area contributed by atoms with E-state index in [1.54, 1.807) is 16.2 Å². The normalized spacial score (nSPS) is 15.0. The minimum atomic E-state index is -0.278. The fourth-order valence-corrected chi connectivity index (χ4v) is 5.29. The fourth-order valence-electron chi connectivity index (χ4n) is 4.37. The first kappa shape index (κ1) is 25.9. The second kappa shape index (κ2) is 12.2. The van der Waals surface area contributed by atoms with Crippen LogP contribution in [0.4, 0.5) is 10.5 Å². The number of anilines is 1. The molecular formula is C29H35N3O3S. The van der Waals surface area contributed by atoms with E-state index in [2.05, 4.69) is 23.7 Å². The maximum Gasteiger partial charge on any atom is 0.322 e. The molecule has 1 aromatic heterocycles. The summed E-state index contributed by atoms with van der Waals surface area (Å²) in [5.74, 6) is -0.0826. The summed E-state index contributed by atoms with van der Waals surface area (Å²) >= 11 is 1.66.